The predicted molar refractivity (Wildman–Crippen MR) is 39.9 cm³/mol. The van der Waals surface area contributed by atoms with Gasteiger partial charge >= 0.3 is 0 Å². The monoisotopic (exact) mass is 174 g/mol. The molecule has 4 heteroatoms. The fourth-order valence-electron chi connectivity index (χ4n) is 0.522. The van der Waals surface area contributed by atoms with Gasteiger partial charge in [-0.05, 0) is 23.7 Å². The van der Waals surface area contributed by atoms with E-state index in [2.05, 4.69) is 0 Å². The van der Waals surface area contributed by atoms with E-state index in [1.54, 1.807) is 6.07 Å². The van der Waals surface area contributed by atoms with Crippen LogP contribution in [0.4, 0.5) is 0 Å². The van der Waals surface area contributed by atoms with Gasteiger partial charge in [-0.1, -0.05) is 0 Å². The molecular weight excluding hydrogens is 172 g/mol. The Morgan fingerprint density at radius 1 is 1.60 bits per heavy atom. The number of carbonyl (C=O) groups excluding carboxylic acids is 2. The molecule has 1 aromatic rings. The summed E-state index contributed by atoms with van der Waals surface area (Å²) in [6.45, 7) is 0. The first-order valence-electron chi connectivity index (χ1n) is 2.49. The number of hydrogen-bond acceptors (Lipinski definition) is 3. The van der Waals surface area contributed by atoms with E-state index in [1.165, 1.54) is 6.07 Å². The van der Waals surface area contributed by atoms with Gasteiger partial charge in [-0.25, -0.2) is 0 Å². The molecule has 0 aliphatic rings. The lowest BCUT2D eigenvalue weighted by Crippen LogP contribution is -1.78. The molecule has 0 atom stereocenters. The Labute approximate surface area is 66.4 Å². The Hall–Kier alpha value is -0.670. The Bertz CT molecular complexity index is 266. The zero-order valence-electron chi connectivity index (χ0n) is 4.83. The molecule has 0 fully saturated rings. The van der Waals surface area contributed by atoms with Crippen LogP contribution in [0.5, 0.6) is 0 Å². The molecule has 0 spiro atoms. The van der Waals surface area contributed by atoms with E-state index in [0.29, 0.717) is 16.0 Å². The van der Waals surface area contributed by atoms with Crippen LogP contribution in [0.25, 0.3) is 0 Å². The van der Waals surface area contributed by atoms with Gasteiger partial charge in [0.2, 0.25) is 0 Å². The predicted octanol–water partition coefficient (Wildman–Crippen LogP) is 1.94. The number of carbonyl (C=O) groups is 2. The molecule has 1 rings (SSSR count). The lowest BCUT2D eigenvalue weighted by atomic mass is 10.4. The van der Waals surface area contributed by atoms with Crippen LogP contribution >= 0.6 is 22.9 Å². The van der Waals surface area contributed by atoms with Crippen LogP contribution in [0.3, 0.4) is 0 Å². The zero-order chi connectivity index (χ0) is 7.56. The van der Waals surface area contributed by atoms with Gasteiger partial charge in [0.25, 0.3) is 5.24 Å². The highest BCUT2D eigenvalue weighted by molar-refractivity contribution is 7.17. The van der Waals surface area contributed by atoms with E-state index in [9.17, 15) is 9.59 Å². The van der Waals surface area contributed by atoms with Crippen molar-refractivity contribution in [3.8, 4) is 0 Å². The van der Waals surface area contributed by atoms with E-state index in [4.69, 9.17) is 11.6 Å². The summed E-state index contributed by atoms with van der Waals surface area (Å²) in [5.41, 5.74) is 0. The Morgan fingerprint density at radius 2 is 2.30 bits per heavy atom. The lowest BCUT2D eigenvalue weighted by Gasteiger charge is -1.78. The molecule has 0 bridgehead atoms. The largest absolute Gasteiger partial charge is 0.297 e. The molecular formula is C6H3ClO2S. The number of rotatable bonds is 2. The summed E-state index contributed by atoms with van der Waals surface area (Å²) in [6, 6.07) is 3.09. The third-order valence-electron chi connectivity index (χ3n) is 0.937. The molecule has 10 heavy (non-hydrogen) atoms. The van der Waals surface area contributed by atoms with Crippen LogP contribution in [0.2, 0.25) is 0 Å². The van der Waals surface area contributed by atoms with Crippen molar-refractivity contribution in [1.82, 2.24) is 0 Å². The number of aldehydes is 1. The van der Waals surface area contributed by atoms with Crippen molar-refractivity contribution in [1.29, 1.82) is 0 Å². The van der Waals surface area contributed by atoms with E-state index >= 15 is 0 Å². The van der Waals surface area contributed by atoms with Crippen LogP contribution in [-0.2, 0) is 0 Å². The standard InChI is InChI=1S/C6H3ClO2S/c7-6(9)5-2-1-4(3-8)10-5/h1-3H. The first kappa shape index (κ1) is 7.44. The molecule has 0 unspecified atom stereocenters. The van der Waals surface area contributed by atoms with Crippen LogP contribution in [-0.4, -0.2) is 11.5 Å². The third-order valence-corrected chi connectivity index (χ3v) is 2.26. The van der Waals surface area contributed by atoms with Crippen LogP contribution in [0.1, 0.15) is 19.3 Å². The van der Waals surface area contributed by atoms with Crippen molar-refractivity contribution in [2.75, 3.05) is 0 Å². The average molecular weight is 175 g/mol. The molecule has 0 N–H and O–H groups in total. The van der Waals surface area contributed by atoms with Crippen molar-refractivity contribution >= 4 is 34.5 Å². The summed E-state index contributed by atoms with van der Waals surface area (Å²) < 4.78 is 0. The van der Waals surface area contributed by atoms with Crippen LogP contribution < -0.4 is 0 Å². The topological polar surface area (TPSA) is 34.1 Å². The summed E-state index contributed by atoms with van der Waals surface area (Å²) in [4.78, 5) is 21.5. The summed E-state index contributed by atoms with van der Waals surface area (Å²) in [7, 11) is 0. The van der Waals surface area contributed by atoms with Crippen LogP contribution in [0.15, 0.2) is 12.1 Å². The molecule has 0 aromatic carbocycles. The fraction of sp³-hybridized carbons (Fsp3) is 0. The van der Waals surface area contributed by atoms with Gasteiger partial charge < -0.3 is 0 Å². The lowest BCUT2D eigenvalue weighted by molar-refractivity contribution is 0.108. The average Bonchev–Trinajstić information content (AvgIpc) is 2.34. The molecule has 0 aliphatic heterocycles. The minimum absolute atomic E-state index is 0.406. The van der Waals surface area contributed by atoms with Gasteiger partial charge in [0.05, 0.1) is 9.75 Å². The smallest absolute Gasteiger partial charge is 0.262 e. The highest BCUT2D eigenvalue weighted by Crippen LogP contribution is 2.15. The molecule has 1 heterocycles. The third kappa shape index (κ3) is 1.43. The van der Waals surface area contributed by atoms with Crippen molar-refractivity contribution < 1.29 is 9.59 Å². The van der Waals surface area contributed by atoms with Gasteiger partial charge in [-0.2, -0.15) is 0 Å². The maximum absolute atomic E-state index is 10.4. The van der Waals surface area contributed by atoms with Gasteiger partial charge in [0.1, 0.15) is 0 Å². The summed E-state index contributed by atoms with van der Waals surface area (Å²) in [5, 5.41) is -0.516. The van der Waals surface area contributed by atoms with Gasteiger partial charge in [-0.15, -0.1) is 11.3 Å². The molecule has 52 valence electrons. The number of thiophene rings is 1. The van der Waals surface area contributed by atoms with Gasteiger partial charge in [-0.3, -0.25) is 9.59 Å². The first-order chi connectivity index (χ1) is 4.74. The number of hydrogen-bond donors (Lipinski definition) is 0. The van der Waals surface area contributed by atoms with Crippen molar-refractivity contribution in [2.24, 2.45) is 0 Å². The van der Waals surface area contributed by atoms with E-state index in [1.807, 2.05) is 0 Å². The highest BCUT2D eigenvalue weighted by atomic mass is 35.5. The molecule has 0 amide bonds. The number of halogens is 1. The van der Waals surface area contributed by atoms with Crippen molar-refractivity contribution in [3.63, 3.8) is 0 Å². The Morgan fingerprint density at radius 3 is 2.60 bits per heavy atom. The fourth-order valence-corrected chi connectivity index (χ4v) is 1.35. The van der Waals surface area contributed by atoms with Crippen molar-refractivity contribution in [3.05, 3.63) is 21.9 Å². The molecule has 0 saturated carbocycles. The van der Waals surface area contributed by atoms with E-state index in [-0.39, 0.29) is 0 Å². The Balaban J connectivity index is 2.98. The summed E-state index contributed by atoms with van der Waals surface area (Å²) in [5.74, 6) is 0. The van der Waals surface area contributed by atoms with E-state index in [0.717, 1.165) is 11.3 Å². The van der Waals surface area contributed by atoms with Crippen molar-refractivity contribution in [2.45, 2.75) is 0 Å². The second-order valence-electron chi connectivity index (χ2n) is 1.59. The molecule has 0 saturated heterocycles. The van der Waals surface area contributed by atoms with Crippen LogP contribution in [0, 0.1) is 0 Å². The minimum Gasteiger partial charge on any atom is -0.297 e. The molecule has 1 aromatic heterocycles. The molecule has 0 aliphatic carbocycles. The van der Waals surface area contributed by atoms with E-state index < -0.39 is 5.24 Å². The zero-order valence-corrected chi connectivity index (χ0v) is 6.41. The molecule has 0 radical (unpaired) electrons. The Kier molecular flexibility index (Phi) is 2.19. The summed E-state index contributed by atoms with van der Waals surface area (Å²) >= 11 is 6.22. The van der Waals surface area contributed by atoms with Gasteiger partial charge in [0, 0.05) is 0 Å². The maximum Gasteiger partial charge on any atom is 0.262 e. The second kappa shape index (κ2) is 2.94. The SMILES string of the molecule is O=Cc1ccc(C(=O)Cl)s1. The molecule has 2 nitrogen and oxygen atoms in total. The quantitative estimate of drug-likeness (QED) is 0.507. The minimum atomic E-state index is -0.516. The summed E-state index contributed by atoms with van der Waals surface area (Å²) in [6.07, 6.45) is 0.688. The highest BCUT2D eigenvalue weighted by Gasteiger charge is 2.04. The van der Waals surface area contributed by atoms with Gasteiger partial charge in [0.15, 0.2) is 6.29 Å². The second-order valence-corrected chi connectivity index (χ2v) is 3.05. The normalized spacial score (nSPS) is 9.30. The maximum atomic E-state index is 10.4. The first-order valence-corrected chi connectivity index (χ1v) is 3.68.